The molecule has 0 aliphatic heterocycles. The van der Waals surface area contributed by atoms with Gasteiger partial charge in [0, 0.05) is 13.2 Å². The van der Waals surface area contributed by atoms with Crippen molar-refractivity contribution in [3.05, 3.63) is 66.0 Å². The monoisotopic (exact) mass is 337 g/mol. The van der Waals surface area contributed by atoms with Gasteiger partial charge in [-0.05, 0) is 31.0 Å². The molecule has 2 aromatic carbocycles. The first-order valence-electron chi connectivity index (χ1n) is 7.41. The van der Waals surface area contributed by atoms with Gasteiger partial charge < -0.3 is 4.74 Å². The highest BCUT2D eigenvalue weighted by molar-refractivity contribution is 7.89. The summed E-state index contributed by atoms with van der Waals surface area (Å²) in [7, 11) is -3.82. The molecule has 2 aromatic rings. The summed E-state index contributed by atoms with van der Waals surface area (Å²) >= 11 is 0. The lowest BCUT2D eigenvalue weighted by Crippen LogP contribution is -2.26. The fourth-order valence-corrected chi connectivity index (χ4v) is 3.25. The molecule has 4 nitrogen and oxygen atoms in total. The molecule has 0 fully saturated rings. The normalized spacial score (nSPS) is 13.0. The fourth-order valence-electron chi connectivity index (χ4n) is 2.10. The summed E-state index contributed by atoms with van der Waals surface area (Å²) in [6, 6.07) is 15.1. The van der Waals surface area contributed by atoms with E-state index >= 15 is 0 Å². The van der Waals surface area contributed by atoms with E-state index in [-0.39, 0.29) is 17.5 Å². The van der Waals surface area contributed by atoms with Crippen LogP contribution in [0.15, 0.2) is 59.5 Å². The maximum atomic E-state index is 13.5. The molecular formula is C17H20FNO3S. The highest BCUT2D eigenvalue weighted by Gasteiger charge is 2.17. The maximum Gasteiger partial charge on any atom is 0.243 e. The van der Waals surface area contributed by atoms with Crippen LogP contribution in [-0.4, -0.2) is 21.6 Å². The van der Waals surface area contributed by atoms with E-state index in [1.165, 1.54) is 18.2 Å². The number of nitrogens with one attached hydrogen (secondary N) is 1. The van der Waals surface area contributed by atoms with E-state index in [4.69, 9.17) is 4.74 Å². The number of sulfonamides is 1. The van der Waals surface area contributed by atoms with Gasteiger partial charge in [0.15, 0.2) is 0 Å². The van der Waals surface area contributed by atoms with Gasteiger partial charge in [-0.25, -0.2) is 17.5 Å². The van der Waals surface area contributed by atoms with Crippen molar-refractivity contribution in [3.8, 4) is 0 Å². The lowest BCUT2D eigenvalue weighted by Gasteiger charge is -2.13. The Kier molecular flexibility index (Phi) is 6.27. The summed E-state index contributed by atoms with van der Waals surface area (Å²) in [5, 5.41) is 0. The summed E-state index contributed by atoms with van der Waals surface area (Å²) in [6.07, 6.45) is 0.449. The van der Waals surface area contributed by atoms with E-state index in [0.29, 0.717) is 13.0 Å². The Bertz CT molecular complexity index is 720. The van der Waals surface area contributed by atoms with Gasteiger partial charge in [0.1, 0.15) is 10.7 Å². The van der Waals surface area contributed by atoms with Crippen molar-refractivity contribution in [2.24, 2.45) is 0 Å². The molecule has 0 aliphatic rings. The van der Waals surface area contributed by atoms with Crippen molar-refractivity contribution in [1.29, 1.82) is 0 Å². The van der Waals surface area contributed by atoms with Crippen LogP contribution in [0.5, 0.6) is 0 Å². The van der Waals surface area contributed by atoms with Gasteiger partial charge in [-0.2, -0.15) is 0 Å². The van der Waals surface area contributed by atoms with Crippen molar-refractivity contribution < 1.29 is 17.5 Å². The molecule has 0 saturated carbocycles. The van der Waals surface area contributed by atoms with Crippen LogP contribution >= 0.6 is 0 Å². The van der Waals surface area contributed by atoms with Gasteiger partial charge in [0.05, 0.1) is 6.10 Å². The van der Waals surface area contributed by atoms with Crippen LogP contribution in [0.25, 0.3) is 0 Å². The lowest BCUT2D eigenvalue weighted by molar-refractivity contribution is 0.0647. The van der Waals surface area contributed by atoms with Gasteiger partial charge in [-0.1, -0.05) is 42.5 Å². The van der Waals surface area contributed by atoms with Crippen molar-refractivity contribution in [2.45, 2.75) is 24.3 Å². The van der Waals surface area contributed by atoms with Gasteiger partial charge in [0.2, 0.25) is 10.0 Å². The minimum absolute atomic E-state index is 0.0561. The predicted molar refractivity (Wildman–Crippen MR) is 87.0 cm³/mol. The molecule has 0 heterocycles. The Labute approximate surface area is 136 Å². The molecule has 2 rings (SSSR count). The molecule has 0 radical (unpaired) electrons. The van der Waals surface area contributed by atoms with Crippen LogP contribution in [0.3, 0.4) is 0 Å². The first kappa shape index (κ1) is 17.6. The molecule has 0 bridgehead atoms. The third-order valence-corrected chi connectivity index (χ3v) is 4.87. The van der Waals surface area contributed by atoms with Gasteiger partial charge >= 0.3 is 0 Å². The standard InChI is InChI=1S/C17H20FNO3S/c1-14(15-8-3-2-4-9-15)22-13-7-12-19-23(20,21)17-11-6-5-10-16(17)18/h2-6,8-11,14,19H,7,12-13H2,1H3. The first-order valence-corrected chi connectivity index (χ1v) is 8.90. The Morgan fingerprint density at radius 2 is 1.74 bits per heavy atom. The summed E-state index contributed by atoms with van der Waals surface area (Å²) in [6.45, 7) is 2.55. The zero-order valence-electron chi connectivity index (χ0n) is 12.9. The number of ether oxygens (including phenoxy) is 1. The first-order chi connectivity index (χ1) is 11.0. The molecule has 0 aliphatic carbocycles. The molecule has 1 atom stereocenters. The Hall–Kier alpha value is -1.76. The van der Waals surface area contributed by atoms with Crippen LogP contribution in [0.2, 0.25) is 0 Å². The Morgan fingerprint density at radius 3 is 2.43 bits per heavy atom. The topological polar surface area (TPSA) is 55.4 Å². The van der Waals surface area contributed by atoms with E-state index in [9.17, 15) is 12.8 Å². The quantitative estimate of drug-likeness (QED) is 0.752. The Morgan fingerprint density at radius 1 is 1.09 bits per heavy atom. The molecule has 23 heavy (non-hydrogen) atoms. The maximum absolute atomic E-state index is 13.5. The number of hydrogen-bond donors (Lipinski definition) is 1. The van der Waals surface area contributed by atoms with E-state index in [0.717, 1.165) is 11.6 Å². The van der Waals surface area contributed by atoms with E-state index in [2.05, 4.69) is 4.72 Å². The van der Waals surface area contributed by atoms with Crippen LogP contribution in [-0.2, 0) is 14.8 Å². The van der Waals surface area contributed by atoms with Crippen LogP contribution in [0, 0.1) is 5.82 Å². The van der Waals surface area contributed by atoms with Crippen molar-refractivity contribution in [1.82, 2.24) is 4.72 Å². The summed E-state index contributed by atoms with van der Waals surface area (Å²) in [5.41, 5.74) is 1.07. The molecule has 0 spiro atoms. The van der Waals surface area contributed by atoms with Gasteiger partial charge in [0.25, 0.3) is 0 Å². The zero-order chi connectivity index (χ0) is 16.7. The molecule has 0 amide bonds. The number of hydrogen-bond acceptors (Lipinski definition) is 3. The summed E-state index contributed by atoms with van der Waals surface area (Å²) in [5.74, 6) is -0.756. The SMILES string of the molecule is CC(OCCCNS(=O)(=O)c1ccccc1F)c1ccccc1. The largest absolute Gasteiger partial charge is 0.374 e. The third-order valence-electron chi connectivity index (χ3n) is 3.38. The minimum atomic E-state index is -3.82. The molecule has 1 N–H and O–H groups in total. The molecule has 124 valence electrons. The van der Waals surface area contributed by atoms with Crippen LogP contribution in [0.4, 0.5) is 4.39 Å². The lowest BCUT2D eigenvalue weighted by atomic mass is 10.1. The highest BCUT2D eigenvalue weighted by atomic mass is 32.2. The average molecular weight is 337 g/mol. The third kappa shape index (κ3) is 5.13. The van der Waals surface area contributed by atoms with Crippen molar-refractivity contribution in [3.63, 3.8) is 0 Å². The average Bonchev–Trinajstić information content (AvgIpc) is 2.55. The van der Waals surface area contributed by atoms with Crippen molar-refractivity contribution >= 4 is 10.0 Å². The van der Waals surface area contributed by atoms with Gasteiger partial charge in [-0.3, -0.25) is 0 Å². The van der Waals surface area contributed by atoms with Gasteiger partial charge in [-0.15, -0.1) is 0 Å². The molecule has 0 aromatic heterocycles. The number of benzene rings is 2. The summed E-state index contributed by atoms with van der Waals surface area (Å²) < 4.78 is 45.5. The van der Waals surface area contributed by atoms with Crippen molar-refractivity contribution in [2.75, 3.05) is 13.2 Å². The molecular weight excluding hydrogens is 317 g/mol. The van der Waals surface area contributed by atoms with E-state index in [1.807, 2.05) is 37.3 Å². The second-order valence-corrected chi connectivity index (χ2v) is 6.84. The van der Waals surface area contributed by atoms with Crippen LogP contribution in [0.1, 0.15) is 25.0 Å². The number of rotatable bonds is 8. The van der Waals surface area contributed by atoms with E-state index in [1.54, 1.807) is 0 Å². The molecule has 1 unspecified atom stereocenters. The molecule has 6 heteroatoms. The second kappa shape index (κ2) is 8.19. The zero-order valence-corrected chi connectivity index (χ0v) is 13.7. The second-order valence-electron chi connectivity index (χ2n) is 5.11. The van der Waals surface area contributed by atoms with E-state index < -0.39 is 15.8 Å². The number of halogens is 1. The smallest absolute Gasteiger partial charge is 0.243 e. The van der Waals surface area contributed by atoms with Crippen LogP contribution < -0.4 is 4.72 Å². The predicted octanol–water partition coefficient (Wildman–Crippen LogP) is 3.27. The Balaban J connectivity index is 1.76. The minimum Gasteiger partial charge on any atom is -0.374 e. The molecule has 0 saturated heterocycles. The fraction of sp³-hybridized carbons (Fsp3) is 0.294. The summed E-state index contributed by atoms with van der Waals surface area (Å²) in [4.78, 5) is -0.335. The highest BCUT2D eigenvalue weighted by Crippen LogP contribution is 2.16.